The lowest BCUT2D eigenvalue weighted by Gasteiger charge is -2.12. The van der Waals surface area contributed by atoms with Gasteiger partial charge < -0.3 is 5.11 Å². The summed E-state index contributed by atoms with van der Waals surface area (Å²) in [6.45, 7) is 3.72. The first-order valence-corrected chi connectivity index (χ1v) is 10.0. The van der Waals surface area contributed by atoms with Gasteiger partial charge in [-0.15, -0.1) is 0 Å². The first kappa shape index (κ1) is 20.9. The second-order valence-corrected chi connectivity index (χ2v) is 8.01. The minimum absolute atomic E-state index is 0.335. The van der Waals surface area contributed by atoms with E-state index >= 15 is 0 Å². The van der Waals surface area contributed by atoms with Crippen molar-refractivity contribution in [2.45, 2.75) is 102 Å². The molecule has 0 fully saturated rings. The predicted octanol–water partition coefficient (Wildman–Crippen LogP) is 4.32. The van der Waals surface area contributed by atoms with Gasteiger partial charge in [0, 0.05) is 0 Å². The third-order valence-electron chi connectivity index (χ3n) is 4.05. The lowest BCUT2D eigenvalue weighted by molar-refractivity contribution is 0.147. The SMILES string of the molecule is CCCCCCCCCCC(O)CCCC(C)S(=O)(=O)O. The van der Waals surface area contributed by atoms with Crippen LogP contribution in [0.25, 0.3) is 0 Å². The van der Waals surface area contributed by atoms with Gasteiger partial charge in [-0.3, -0.25) is 4.55 Å². The molecule has 0 aromatic rings. The number of aliphatic hydroxyl groups is 1. The molecule has 128 valence electrons. The van der Waals surface area contributed by atoms with Crippen molar-refractivity contribution in [1.29, 1.82) is 0 Å². The predicted molar refractivity (Wildman–Crippen MR) is 88.1 cm³/mol. The average Bonchev–Trinajstić information content (AvgIpc) is 2.40. The summed E-state index contributed by atoms with van der Waals surface area (Å²) < 4.78 is 30.5. The van der Waals surface area contributed by atoms with E-state index in [1.54, 1.807) is 0 Å². The summed E-state index contributed by atoms with van der Waals surface area (Å²) in [4.78, 5) is 0. The fourth-order valence-corrected chi connectivity index (χ4v) is 2.91. The highest BCUT2D eigenvalue weighted by Gasteiger charge is 2.17. The van der Waals surface area contributed by atoms with E-state index in [0.29, 0.717) is 19.3 Å². The Kier molecular flexibility index (Phi) is 12.3. The summed E-state index contributed by atoms with van der Waals surface area (Å²) in [7, 11) is -3.92. The molecule has 5 heteroatoms. The van der Waals surface area contributed by atoms with Crippen LogP contribution in [0, 0.1) is 0 Å². The van der Waals surface area contributed by atoms with Crippen molar-refractivity contribution in [3.05, 3.63) is 0 Å². The van der Waals surface area contributed by atoms with E-state index in [-0.39, 0.29) is 6.10 Å². The van der Waals surface area contributed by atoms with Crippen molar-refractivity contribution in [2.75, 3.05) is 0 Å². The summed E-state index contributed by atoms with van der Waals surface area (Å²) in [5, 5.41) is 9.10. The molecule has 0 saturated carbocycles. The molecule has 0 heterocycles. The summed E-state index contributed by atoms with van der Waals surface area (Å²) in [6.07, 6.45) is 12.2. The quantitative estimate of drug-likeness (QED) is 0.369. The molecule has 2 atom stereocenters. The number of hydrogen-bond donors (Lipinski definition) is 2. The molecule has 0 bridgehead atoms. The number of rotatable bonds is 14. The molecule has 4 nitrogen and oxygen atoms in total. The highest BCUT2D eigenvalue weighted by molar-refractivity contribution is 7.86. The Morgan fingerprint density at radius 2 is 1.29 bits per heavy atom. The molecule has 0 aromatic heterocycles. The van der Waals surface area contributed by atoms with Gasteiger partial charge in [0.2, 0.25) is 0 Å². The highest BCUT2D eigenvalue weighted by atomic mass is 32.2. The van der Waals surface area contributed by atoms with Crippen LogP contribution in [-0.2, 0) is 10.1 Å². The Labute approximate surface area is 131 Å². The van der Waals surface area contributed by atoms with Gasteiger partial charge in [-0.05, 0) is 32.6 Å². The van der Waals surface area contributed by atoms with Crippen LogP contribution in [0.2, 0.25) is 0 Å². The molecule has 0 aliphatic rings. The maximum atomic E-state index is 10.8. The van der Waals surface area contributed by atoms with Crippen LogP contribution in [0.4, 0.5) is 0 Å². The standard InChI is InChI=1S/C16H34O4S/c1-3-4-5-6-7-8-9-10-13-16(17)14-11-12-15(2)21(18,19)20/h15-17H,3-14H2,1-2H3,(H,18,19,20). The topological polar surface area (TPSA) is 74.6 Å². The number of unbranched alkanes of at least 4 members (excludes halogenated alkanes) is 7. The van der Waals surface area contributed by atoms with E-state index in [1.165, 1.54) is 51.9 Å². The molecule has 0 aliphatic heterocycles. The molecular weight excluding hydrogens is 288 g/mol. The van der Waals surface area contributed by atoms with Crippen molar-refractivity contribution in [3.8, 4) is 0 Å². The van der Waals surface area contributed by atoms with Gasteiger partial charge >= 0.3 is 0 Å². The van der Waals surface area contributed by atoms with Crippen LogP contribution in [0.5, 0.6) is 0 Å². The zero-order chi connectivity index (χ0) is 16.1. The maximum Gasteiger partial charge on any atom is 0.267 e. The lowest BCUT2D eigenvalue weighted by atomic mass is 10.0. The van der Waals surface area contributed by atoms with Crippen molar-refractivity contribution in [2.24, 2.45) is 0 Å². The molecular formula is C16H34O4S. The molecule has 21 heavy (non-hydrogen) atoms. The molecule has 2 unspecified atom stereocenters. The summed E-state index contributed by atoms with van der Waals surface area (Å²) in [5.41, 5.74) is 0. The van der Waals surface area contributed by atoms with Gasteiger partial charge in [0.15, 0.2) is 0 Å². The van der Waals surface area contributed by atoms with Gasteiger partial charge in [0.1, 0.15) is 0 Å². The van der Waals surface area contributed by atoms with E-state index in [9.17, 15) is 13.5 Å². The van der Waals surface area contributed by atoms with Crippen molar-refractivity contribution >= 4 is 10.1 Å². The molecule has 0 rings (SSSR count). The van der Waals surface area contributed by atoms with Crippen molar-refractivity contribution in [1.82, 2.24) is 0 Å². The van der Waals surface area contributed by atoms with E-state index in [1.807, 2.05) is 0 Å². The average molecular weight is 323 g/mol. The van der Waals surface area contributed by atoms with E-state index in [0.717, 1.165) is 12.8 Å². The van der Waals surface area contributed by atoms with Crippen LogP contribution in [0.1, 0.15) is 90.9 Å². The summed E-state index contributed by atoms with van der Waals surface area (Å²) >= 11 is 0. The van der Waals surface area contributed by atoms with Gasteiger partial charge in [0.25, 0.3) is 10.1 Å². The molecule has 0 saturated heterocycles. The molecule has 2 N–H and O–H groups in total. The van der Waals surface area contributed by atoms with Crippen molar-refractivity contribution < 1.29 is 18.1 Å². The van der Waals surface area contributed by atoms with E-state index in [2.05, 4.69) is 6.92 Å². The Balaban J connectivity index is 3.41. The summed E-state index contributed by atoms with van der Waals surface area (Å²) in [6, 6.07) is 0. The van der Waals surface area contributed by atoms with Crippen LogP contribution < -0.4 is 0 Å². The summed E-state index contributed by atoms with van der Waals surface area (Å²) in [5.74, 6) is 0. The van der Waals surface area contributed by atoms with Gasteiger partial charge in [-0.2, -0.15) is 8.42 Å². The van der Waals surface area contributed by atoms with Gasteiger partial charge in [-0.25, -0.2) is 0 Å². The first-order chi connectivity index (χ1) is 9.88. The second kappa shape index (κ2) is 12.4. The third kappa shape index (κ3) is 13.3. The molecule has 0 aliphatic carbocycles. The minimum Gasteiger partial charge on any atom is -0.393 e. The minimum atomic E-state index is -3.92. The lowest BCUT2D eigenvalue weighted by Crippen LogP contribution is -2.17. The Hall–Kier alpha value is -0.130. The normalized spacial score (nSPS) is 15.0. The second-order valence-electron chi connectivity index (χ2n) is 6.17. The monoisotopic (exact) mass is 322 g/mol. The molecule has 0 spiro atoms. The van der Waals surface area contributed by atoms with Crippen LogP contribution >= 0.6 is 0 Å². The fourth-order valence-electron chi connectivity index (χ4n) is 2.45. The van der Waals surface area contributed by atoms with E-state index in [4.69, 9.17) is 4.55 Å². The van der Waals surface area contributed by atoms with E-state index < -0.39 is 15.4 Å². The largest absolute Gasteiger partial charge is 0.393 e. The molecule has 0 aromatic carbocycles. The van der Waals surface area contributed by atoms with Crippen LogP contribution in [-0.4, -0.2) is 29.4 Å². The van der Waals surface area contributed by atoms with Crippen LogP contribution in [0.3, 0.4) is 0 Å². The number of hydrogen-bond acceptors (Lipinski definition) is 3. The van der Waals surface area contributed by atoms with Crippen molar-refractivity contribution in [3.63, 3.8) is 0 Å². The molecule has 0 radical (unpaired) electrons. The number of aliphatic hydroxyl groups excluding tert-OH is 1. The Morgan fingerprint density at radius 3 is 1.81 bits per heavy atom. The smallest absolute Gasteiger partial charge is 0.267 e. The fraction of sp³-hybridized carbons (Fsp3) is 1.00. The maximum absolute atomic E-state index is 10.8. The van der Waals surface area contributed by atoms with Crippen LogP contribution in [0.15, 0.2) is 0 Å². The highest BCUT2D eigenvalue weighted by Crippen LogP contribution is 2.15. The zero-order valence-electron chi connectivity index (χ0n) is 13.8. The molecule has 0 amide bonds. The Bertz CT molecular complexity index is 327. The van der Waals surface area contributed by atoms with Gasteiger partial charge in [0.05, 0.1) is 11.4 Å². The van der Waals surface area contributed by atoms with Gasteiger partial charge in [-0.1, -0.05) is 58.3 Å². The Morgan fingerprint density at radius 1 is 0.810 bits per heavy atom. The third-order valence-corrected chi connectivity index (χ3v) is 5.30. The first-order valence-electron chi connectivity index (χ1n) is 8.52. The zero-order valence-corrected chi connectivity index (χ0v) is 14.6.